The second kappa shape index (κ2) is 5.18. The Hall–Kier alpha value is -3.15. The van der Waals surface area contributed by atoms with E-state index in [1.54, 1.807) is 0 Å². The van der Waals surface area contributed by atoms with Gasteiger partial charge in [-0.05, 0) is 35.2 Å². The smallest absolute Gasteiger partial charge is 0.252 e. The lowest BCUT2D eigenvalue weighted by Gasteiger charge is -2.41. The van der Waals surface area contributed by atoms with Gasteiger partial charge in [-0.2, -0.15) is 0 Å². The first-order chi connectivity index (χ1) is 15.2. The molecule has 0 spiro atoms. The summed E-state index contributed by atoms with van der Waals surface area (Å²) in [7, 11) is 0. The Kier molecular flexibility index (Phi) is 2.76. The molecule has 31 heavy (non-hydrogen) atoms. The van der Waals surface area contributed by atoms with Gasteiger partial charge in [-0.25, -0.2) is 0 Å². The van der Waals surface area contributed by atoms with E-state index in [4.69, 9.17) is 9.47 Å². The van der Waals surface area contributed by atoms with Crippen LogP contribution in [0.15, 0.2) is 48.5 Å². The molecule has 1 amide bonds. The number of nitrogens with zero attached hydrogens (tertiary/aromatic N) is 1. The molecule has 1 aliphatic carbocycles. The molecule has 4 aromatic rings. The Labute approximate surface area is 178 Å². The Morgan fingerprint density at radius 1 is 1.10 bits per heavy atom. The van der Waals surface area contributed by atoms with E-state index >= 15 is 0 Å². The number of ether oxygens (including phenoxy) is 2. The Morgan fingerprint density at radius 2 is 1.94 bits per heavy atom. The van der Waals surface area contributed by atoms with Crippen molar-refractivity contribution in [1.82, 2.24) is 9.88 Å². The van der Waals surface area contributed by atoms with Crippen LogP contribution in [0, 0.1) is 0 Å². The molecule has 3 aliphatic heterocycles. The van der Waals surface area contributed by atoms with Crippen molar-refractivity contribution in [2.75, 3.05) is 13.2 Å². The van der Waals surface area contributed by atoms with Gasteiger partial charge >= 0.3 is 0 Å². The summed E-state index contributed by atoms with van der Waals surface area (Å²) in [5, 5.41) is 5.49. The summed E-state index contributed by atoms with van der Waals surface area (Å²) >= 11 is 0. The van der Waals surface area contributed by atoms with Crippen molar-refractivity contribution in [2.45, 2.75) is 31.2 Å². The first kappa shape index (κ1) is 16.5. The largest absolute Gasteiger partial charge is 0.374 e. The van der Waals surface area contributed by atoms with E-state index in [0.29, 0.717) is 19.8 Å². The fraction of sp³-hybridized carbons (Fsp3) is 0.269. The number of hydrogen-bond donors (Lipinski definition) is 1. The second-order valence-electron chi connectivity index (χ2n) is 9.36. The summed E-state index contributed by atoms with van der Waals surface area (Å²) in [4.78, 5) is 13.2. The lowest BCUT2D eigenvalue weighted by molar-refractivity contribution is -0.217. The lowest BCUT2D eigenvalue weighted by Crippen LogP contribution is -2.46. The molecular weight excluding hydrogens is 388 g/mol. The number of hydrogen-bond acceptors (Lipinski definition) is 3. The summed E-state index contributed by atoms with van der Waals surface area (Å²) in [6.07, 6.45) is -0.189. The van der Waals surface area contributed by atoms with Crippen LogP contribution in [0.5, 0.6) is 0 Å². The average Bonchev–Trinajstić information content (AvgIpc) is 3.41. The highest BCUT2D eigenvalue weighted by molar-refractivity contribution is 6.20. The molecule has 3 atom stereocenters. The summed E-state index contributed by atoms with van der Waals surface area (Å²) in [6, 6.07) is 17.0. The van der Waals surface area contributed by atoms with Gasteiger partial charge in [0.05, 0.1) is 29.8 Å². The average molecular weight is 408 g/mol. The van der Waals surface area contributed by atoms with Gasteiger partial charge in [0.15, 0.2) is 6.23 Å². The third kappa shape index (κ3) is 1.73. The van der Waals surface area contributed by atoms with Crippen molar-refractivity contribution < 1.29 is 14.3 Å². The number of aromatic nitrogens is 1. The fourth-order valence-electron chi connectivity index (χ4n) is 6.69. The molecule has 1 N–H and O–H groups in total. The molecule has 152 valence electrons. The molecule has 2 bridgehead atoms. The molecule has 3 unspecified atom stereocenters. The van der Waals surface area contributed by atoms with Gasteiger partial charge in [0.1, 0.15) is 5.60 Å². The topological polar surface area (TPSA) is 52.5 Å². The zero-order valence-electron chi connectivity index (χ0n) is 17.1. The molecule has 0 radical (unpaired) electrons. The van der Waals surface area contributed by atoms with Gasteiger partial charge in [-0.1, -0.05) is 42.5 Å². The predicted molar refractivity (Wildman–Crippen MR) is 117 cm³/mol. The quantitative estimate of drug-likeness (QED) is 0.467. The normalized spacial score (nSPS) is 27.3. The van der Waals surface area contributed by atoms with E-state index in [9.17, 15) is 4.79 Å². The molecule has 4 aliphatic rings. The minimum atomic E-state index is -0.499. The molecule has 1 fully saturated rings. The minimum Gasteiger partial charge on any atom is -0.374 e. The molecule has 3 aromatic carbocycles. The van der Waals surface area contributed by atoms with Crippen LogP contribution < -0.4 is 5.32 Å². The predicted octanol–water partition coefficient (Wildman–Crippen LogP) is 4.47. The summed E-state index contributed by atoms with van der Waals surface area (Å²) in [6.45, 7) is 3.80. The number of rotatable bonds is 0. The van der Waals surface area contributed by atoms with Crippen molar-refractivity contribution in [3.05, 3.63) is 70.8 Å². The highest BCUT2D eigenvalue weighted by atomic mass is 16.6. The maximum absolute atomic E-state index is 13.2. The van der Waals surface area contributed by atoms with E-state index < -0.39 is 5.60 Å². The van der Waals surface area contributed by atoms with Crippen LogP contribution in [0.25, 0.3) is 32.9 Å². The number of benzene rings is 3. The summed E-state index contributed by atoms with van der Waals surface area (Å²) in [5.74, 6) is 0.0539. The SMILES string of the molecule is CC12COCC(O1)n1c3ccccc3c3c4c(c5c(c31)C2c1ccccc1-5)C(=O)NC4. The molecule has 1 aromatic heterocycles. The van der Waals surface area contributed by atoms with Crippen LogP contribution in [-0.2, 0) is 16.0 Å². The fourth-order valence-corrected chi connectivity index (χ4v) is 6.69. The van der Waals surface area contributed by atoms with Crippen molar-refractivity contribution in [3.63, 3.8) is 0 Å². The Bertz CT molecular complexity index is 1500. The summed E-state index contributed by atoms with van der Waals surface area (Å²) in [5.41, 5.74) is 8.54. The van der Waals surface area contributed by atoms with E-state index in [1.807, 2.05) is 0 Å². The maximum atomic E-state index is 13.2. The molecule has 4 heterocycles. The van der Waals surface area contributed by atoms with Crippen LogP contribution in [-0.4, -0.2) is 29.3 Å². The highest BCUT2D eigenvalue weighted by Gasteiger charge is 2.52. The molecule has 5 heteroatoms. The number of para-hydroxylation sites is 1. The maximum Gasteiger partial charge on any atom is 0.252 e. The van der Waals surface area contributed by atoms with Crippen LogP contribution >= 0.6 is 0 Å². The lowest BCUT2D eigenvalue weighted by atomic mass is 9.80. The number of nitrogens with one attached hydrogen (secondary N) is 1. The zero-order chi connectivity index (χ0) is 20.5. The van der Waals surface area contributed by atoms with E-state index in [2.05, 4.69) is 65.3 Å². The van der Waals surface area contributed by atoms with Crippen LogP contribution in [0.3, 0.4) is 0 Å². The van der Waals surface area contributed by atoms with Crippen LogP contribution in [0.4, 0.5) is 0 Å². The number of carbonyl (C=O) groups excluding carboxylic acids is 1. The van der Waals surface area contributed by atoms with Gasteiger partial charge in [0.25, 0.3) is 5.91 Å². The van der Waals surface area contributed by atoms with Gasteiger partial charge in [-0.15, -0.1) is 0 Å². The van der Waals surface area contributed by atoms with Gasteiger partial charge in [0, 0.05) is 28.8 Å². The van der Waals surface area contributed by atoms with Gasteiger partial charge in [-0.3, -0.25) is 4.79 Å². The molecule has 1 saturated heterocycles. The van der Waals surface area contributed by atoms with E-state index in [0.717, 1.165) is 27.8 Å². The summed E-state index contributed by atoms with van der Waals surface area (Å²) < 4.78 is 15.4. The molecule has 0 saturated carbocycles. The molecule has 5 nitrogen and oxygen atoms in total. The monoisotopic (exact) mass is 408 g/mol. The van der Waals surface area contributed by atoms with Gasteiger partial charge in [0.2, 0.25) is 0 Å². The van der Waals surface area contributed by atoms with Crippen LogP contribution in [0.2, 0.25) is 0 Å². The van der Waals surface area contributed by atoms with Crippen molar-refractivity contribution in [2.24, 2.45) is 0 Å². The minimum absolute atomic E-state index is 0.0215. The van der Waals surface area contributed by atoms with E-state index in [1.165, 1.54) is 27.4 Å². The molecular formula is C26H20N2O3. The number of carbonyl (C=O) groups is 1. The Morgan fingerprint density at radius 3 is 2.87 bits per heavy atom. The number of fused-ring (bicyclic) bond motifs is 13. The second-order valence-corrected chi connectivity index (χ2v) is 9.36. The van der Waals surface area contributed by atoms with Gasteiger partial charge < -0.3 is 19.4 Å². The standard InChI is InChI=1S/C26H20N2O3/c1-26-12-30-11-18(31-26)28-17-9-5-4-8-15(17)19-16-10-27-25(29)21(16)20-13-6-2-3-7-14(13)23(26)22(20)24(19)28/h2-9,18,23H,10-12H2,1H3,(H,27,29). The Balaban J connectivity index is 1.70. The third-order valence-corrected chi connectivity index (χ3v) is 7.72. The van der Waals surface area contributed by atoms with Crippen LogP contribution in [0.1, 0.15) is 46.1 Å². The highest BCUT2D eigenvalue weighted by Crippen LogP contribution is 2.60. The molecule has 8 rings (SSSR count). The first-order valence-corrected chi connectivity index (χ1v) is 10.9. The zero-order valence-corrected chi connectivity index (χ0v) is 17.1. The number of amides is 1. The third-order valence-electron chi connectivity index (χ3n) is 7.72. The van der Waals surface area contributed by atoms with Crippen molar-refractivity contribution in [1.29, 1.82) is 0 Å². The first-order valence-electron chi connectivity index (χ1n) is 10.9. The van der Waals surface area contributed by atoms with E-state index in [-0.39, 0.29) is 18.1 Å². The van der Waals surface area contributed by atoms with Crippen molar-refractivity contribution >= 4 is 27.7 Å². The van der Waals surface area contributed by atoms with Crippen molar-refractivity contribution in [3.8, 4) is 11.1 Å².